The van der Waals surface area contributed by atoms with Gasteiger partial charge in [0.05, 0.1) is 6.20 Å². The standard InChI is InChI=1S/C13H13F2N5/c14-9-4-3-5-10(15)12(9)17-11-8-16-19-13(18-11)20-6-1-2-7-20/h3-5,8H,1-2,6-7H2,(H,17,18,19). The molecule has 1 saturated heterocycles. The van der Waals surface area contributed by atoms with Crippen molar-refractivity contribution in [2.45, 2.75) is 12.8 Å². The van der Waals surface area contributed by atoms with Crippen LogP contribution in [0, 0.1) is 11.6 Å². The Balaban J connectivity index is 1.85. The van der Waals surface area contributed by atoms with E-state index in [1.54, 1.807) is 0 Å². The van der Waals surface area contributed by atoms with Crippen molar-refractivity contribution in [3.05, 3.63) is 36.0 Å². The lowest BCUT2D eigenvalue weighted by molar-refractivity contribution is 0.590. The third-order valence-electron chi connectivity index (χ3n) is 3.15. The maximum Gasteiger partial charge on any atom is 0.247 e. The molecule has 0 atom stereocenters. The van der Waals surface area contributed by atoms with Crippen LogP contribution in [0.2, 0.25) is 0 Å². The van der Waals surface area contributed by atoms with Crippen molar-refractivity contribution in [3.63, 3.8) is 0 Å². The molecule has 0 bridgehead atoms. The summed E-state index contributed by atoms with van der Waals surface area (Å²) in [5, 5.41) is 10.4. The maximum atomic E-state index is 13.6. The van der Waals surface area contributed by atoms with Crippen LogP contribution < -0.4 is 10.2 Å². The first-order chi connectivity index (χ1) is 9.74. The molecule has 2 heterocycles. The summed E-state index contributed by atoms with van der Waals surface area (Å²) in [5.74, 6) is -0.604. The summed E-state index contributed by atoms with van der Waals surface area (Å²) in [6.45, 7) is 1.75. The zero-order valence-electron chi connectivity index (χ0n) is 10.7. The van der Waals surface area contributed by atoms with Crippen LogP contribution in [-0.4, -0.2) is 28.3 Å². The fourth-order valence-electron chi connectivity index (χ4n) is 2.15. The summed E-state index contributed by atoms with van der Waals surface area (Å²) in [5.41, 5.74) is -0.236. The van der Waals surface area contributed by atoms with Crippen molar-refractivity contribution in [1.82, 2.24) is 15.2 Å². The van der Waals surface area contributed by atoms with Gasteiger partial charge in [-0.05, 0) is 25.0 Å². The van der Waals surface area contributed by atoms with Crippen LogP contribution in [0.1, 0.15) is 12.8 Å². The highest BCUT2D eigenvalue weighted by Gasteiger charge is 2.16. The van der Waals surface area contributed by atoms with E-state index in [9.17, 15) is 8.78 Å². The fraction of sp³-hybridized carbons (Fsp3) is 0.308. The molecule has 0 spiro atoms. The minimum absolute atomic E-state index is 0.236. The molecule has 1 aromatic heterocycles. The lowest BCUT2D eigenvalue weighted by Gasteiger charge is -2.15. The zero-order chi connectivity index (χ0) is 13.9. The summed E-state index contributed by atoms with van der Waals surface area (Å²) in [7, 11) is 0. The number of hydrogen-bond acceptors (Lipinski definition) is 5. The van der Waals surface area contributed by atoms with E-state index in [0.29, 0.717) is 5.95 Å². The number of halogens is 2. The number of anilines is 3. The summed E-state index contributed by atoms with van der Waals surface area (Å²) in [6, 6.07) is 3.67. The first-order valence-corrected chi connectivity index (χ1v) is 6.40. The van der Waals surface area contributed by atoms with Crippen LogP contribution in [0.15, 0.2) is 24.4 Å². The molecule has 0 amide bonds. The van der Waals surface area contributed by atoms with Crippen molar-refractivity contribution < 1.29 is 8.78 Å². The molecular formula is C13H13F2N5. The van der Waals surface area contributed by atoms with Crippen LogP contribution in [0.5, 0.6) is 0 Å². The first-order valence-electron chi connectivity index (χ1n) is 6.40. The van der Waals surface area contributed by atoms with Crippen LogP contribution in [-0.2, 0) is 0 Å². The second-order valence-corrected chi connectivity index (χ2v) is 4.56. The molecule has 2 aromatic rings. The number of nitrogens with zero attached hydrogens (tertiary/aromatic N) is 4. The van der Waals surface area contributed by atoms with Crippen molar-refractivity contribution in [1.29, 1.82) is 0 Å². The van der Waals surface area contributed by atoms with E-state index in [0.717, 1.165) is 25.9 Å². The normalized spacial score (nSPS) is 14.6. The number of hydrogen-bond donors (Lipinski definition) is 1. The Bertz CT molecular complexity index is 593. The van der Waals surface area contributed by atoms with Gasteiger partial charge in [-0.1, -0.05) is 6.07 Å². The molecule has 1 aliphatic heterocycles. The van der Waals surface area contributed by atoms with E-state index in [-0.39, 0.29) is 11.5 Å². The van der Waals surface area contributed by atoms with Crippen LogP contribution in [0.4, 0.5) is 26.2 Å². The topological polar surface area (TPSA) is 53.9 Å². The average molecular weight is 277 g/mol. The lowest BCUT2D eigenvalue weighted by atomic mass is 10.3. The highest BCUT2D eigenvalue weighted by Crippen LogP contribution is 2.23. The summed E-state index contributed by atoms with van der Waals surface area (Å²) >= 11 is 0. The van der Waals surface area contributed by atoms with Gasteiger partial charge in [-0.15, -0.1) is 5.10 Å². The molecule has 1 N–H and O–H groups in total. The zero-order valence-corrected chi connectivity index (χ0v) is 10.7. The summed E-state index contributed by atoms with van der Waals surface area (Å²) < 4.78 is 27.1. The highest BCUT2D eigenvalue weighted by molar-refractivity contribution is 5.57. The molecule has 0 radical (unpaired) electrons. The predicted octanol–water partition coefficient (Wildman–Crippen LogP) is 2.49. The Hall–Kier alpha value is -2.31. The van der Waals surface area contributed by atoms with Gasteiger partial charge in [0.15, 0.2) is 5.82 Å². The molecule has 1 aromatic carbocycles. The van der Waals surface area contributed by atoms with E-state index in [4.69, 9.17) is 0 Å². The van der Waals surface area contributed by atoms with E-state index in [2.05, 4.69) is 20.5 Å². The average Bonchev–Trinajstić information content (AvgIpc) is 2.98. The quantitative estimate of drug-likeness (QED) is 0.934. The molecule has 1 fully saturated rings. The molecule has 0 saturated carbocycles. The Labute approximate surface area is 114 Å². The van der Waals surface area contributed by atoms with Crippen LogP contribution in [0.25, 0.3) is 0 Å². The molecule has 5 nitrogen and oxygen atoms in total. The van der Waals surface area contributed by atoms with Gasteiger partial charge in [0.1, 0.15) is 17.3 Å². The molecule has 0 aliphatic carbocycles. The summed E-state index contributed by atoms with van der Waals surface area (Å²) in [6.07, 6.45) is 3.51. The molecular weight excluding hydrogens is 264 g/mol. The predicted molar refractivity (Wildman–Crippen MR) is 70.9 cm³/mol. The molecule has 20 heavy (non-hydrogen) atoms. The number of benzene rings is 1. The van der Waals surface area contributed by atoms with Gasteiger partial charge in [-0.25, -0.2) is 8.78 Å². The van der Waals surface area contributed by atoms with Crippen molar-refractivity contribution in [2.75, 3.05) is 23.3 Å². The Morgan fingerprint density at radius 2 is 1.80 bits per heavy atom. The molecule has 0 unspecified atom stereocenters. The van der Waals surface area contributed by atoms with Gasteiger partial charge >= 0.3 is 0 Å². The van der Waals surface area contributed by atoms with Crippen LogP contribution >= 0.6 is 0 Å². The molecule has 104 valence electrons. The largest absolute Gasteiger partial charge is 0.339 e. The minimum Gasteiger partial charge on any atom is -0.339 e. The SMILES string of the molecule is Fc1cccc(F)c1Nc1cnnc(N2CCCC2)n1. The third kappa shape index (κ3) is 2.52. The summed E-state index contributed by atoms with van der Waals surface area (Å²) in [4.78, 5) is 6.24. The van der Waals surface area contributed by atoms with E-state index >= 15 is 0 Å². The van der Waals surface area contributed by atoms with Crippen molar-refractivity contribution in [3.8, 4) is 0 Å². The number of nitrogens with one attached hydrogen (secondary N) is 1. The Morgan fingerprint density at radius 3 is 2.50 bits per heavy atom. The molecule has 7 heteroatoms. The highest BCUT2D eigenvalue weighted by atomic mass is 19.1. The van der Waals surface area contributed by atoms with E-state index in [1.807, 2.05) is 4.90 Å². The second-order valence-electron chi connectivity index (χ2n) is 4.56. The smallest absolute Gasteiger partial charge is 0.247 e. The number of aromatic nitrogens is 3. The van der Waals surface area contributed by atoms with Gasteiger partial charge in [-0.2, -0.15) is 10.1 Å². The minimum atomic E-state index is -0.675. The van der Waals surface area contributed by atoms with Crippen molar-refractivity contribution in [2.24, 2.45) is 0 Å². The lowest BCUT2D eigenvalue weighted by Crippen LogP contribution is -2.21. The monoisotopic (exact) mass is 277 g/mol. The van der Waals surface area contributed by atoms with E-state index in [1.165, 1.54) is 24.4 Å². The number of rotatable bonds is 3. The maximum absolute atomic E-state index is 13.6. The third-order valence-corrected chi connectivity index (χ3v) is 3.15. The Kier molecular flexibility index (Phi) is 3.41. The van der Waals surface area contributed by atoms with Gasteiger partial charge < -0.3 is 10.2 Å². The first kappa shape index (κ1) is 12.7. The number of para-hydroxylation sites is 1. The van der Waals surface area contributed by atoms with Gasteiger partial charge in [0, 0.05) is 13.1 Å². The van der Waals surface area contributed by atoms with Crippen LogP contribution in [0.3, 0.4) is 0 Å². The Morgan fingerprint density at radius 1 is 1.10 bits per heavy atom. The van der Waals surface area contributed by atoms with Gasteiger partial charge in [0.25, 0.3) is 0 Å². The van der Waals surface area contributed by atoms with Gasteiger partial charge in [0.2, 0.25) is 5.95 Å². The van der Waals surface area contributed by atoms with Crippen molar-refractivity contribution >= 4 is 17.5 Å². The van der Waals surface area contributed by atoms with Gasteiger partial charge in [-0.3, -0.25) is 0 Å². The molecule has 1 aliphatic rings. The second kappa shape index (κ2) is 5.36. The molecule has 3 rings (SSSR count). The fourth-order valence-corrected chi connectivity index (χ4v) is 2.15. The van der Waals surface area contributed by atoms with E-state index < -0.39 is 11.6 Å².